The number of rotatable bonds is 5. The van der Waals surface area contributed by atoms with Crippen LogP contribution in [0.1, 0.15) is 49.4 Å². The van der Waals surface area contributed by atoms with Gasteiger partial charge in [-0.3, -0.25) is 14.7 Å². The van der Waals surface area contributed by atoms with E-state index in [0.717, 1.165) is 50.2 Å². The Morgan fingerprint density at radius 3 is 2.79 bits per heavy atom. The molecule has 0 saturated carbocycles. The Bertz CT molecular complexity index is 615. The van der Waals surface area contributed by atoms with Gasteiger partial charge in [-0.05, 0) is 37.7 Å². The molecule has 6 heteroatoms. The van der Waals surface area contributed by atoms with E-state index >= 15 is 0 Å². The fraction of sp³-hybridized carbons (Fsp3) is 0.611. The van der Waals surface area contributed by atoms with E-state index in [1.807, 2.05) is 11.0 Å². The molecule has 1 amide bonds. The number of allylic oxidation sites excluding steroid dienone is 2. The second-order valence-corrected chi connectivity index (χ2v) is 6.70. The highest BCUT2D eigenvalue weighted by Crippen LogP contribution is 2.28. The fourth-order valence-electron chi connectivity index (χ4n) is 3.55. The minimum Gasteiger partial charge on any atom is -0.469 e. The van der Waals surface area contributed by atoms with E-state index in [2.05, 4.69) is 27.1 Å². The molecule has 1 atom stereocenters. The standard InChI is InChI=1S/C18H25N3O3/c1-24-18(23)12-15-11-16(20-19-15)14-6-8-21(9-7-14)17(22)10-13-4-2-3-5-13/h2,4,11,13-14H,3,5-10,12H2,1H3,(H,19,20). The number of piperidine rings is 1. The number of aromatic amines is 1. The van der Waals surface area contributed by atoms with Gasteiger partial charge in [0.05, 0.1) is 19.2 Å². The minimum atomic E-state index is -0.272. The monoisotopic (exact) mass is 331 g/mol. The fourth-order valence-corrected chi connectivity index (χ4v) is 3.55. The summed E-state index contributed by atoms with van der Waals surface area (Å²) in [5, 5.41) is 7.25. The number of hydrogen-bond acceptors (Lipinski definition) is 4. The van der Waals surface area contributed by atoms with Gasteiger partial charge in [0.1, 0.15) is 0 Å². The molecule has 0 bridgehead atoms. The zero-order valence-corrected chi connectivity index (χ0v) is 14.2. The highest BCUT2D eigenvalue weighted by molar-refractivity contribution is 5.76. The normalized spacial score (nSPS) is 21.2. The summed E-state index contributed by atoms with van der Waals surface area (Å²) in [6, 6.07) is 1.95. The topological polar surface area (TPSA) is 75.3 Å². The number of ether oxygens (including phenoxy) is 1. The van der Waals surface area contributed by atoms with Crippen LogP contribution in [0.3, 0.4) is 0 Å². The van der Waals surface area contributed by atoms with Crippen LogP contribution >= 0.6 is 0 Å². The van der Waals surface area contributed by atoms with Gasteiger partial charge in [0.2, 0.25) is 5.91 Å². The molecule has 24 heavy (non-hydrogen) atoms. The van der Waals surface area contributed by atoms with Gasteiger partial charge in [0.25, 0.3) is 0 Å². The van der Waals surface area contributed by atoms with E-state index in [9.17, 15) is 9.59 Å². The highest BCUT2D eigenvalue weighted by Gasteiger charge is 2.26. The zero-order valence-electron chi connectivity index (χ0n) is 14.2. The van der Waals surface area contributed by atoms with Crippen molar-refractivity contribution in [2.24, 2.45) is 5.92 Å². The molecule has 1 aromatic heterocycles. The number of esters is 1. The second kappa shape index (κ2) is 7.64. The Kier molecular flexibility index (Phi) is 5.33. The van der Waals surface area contributed by atoms with Crippen LogP contribution in [0.5, 0.6) is 0 Å². The van der Waals surface area contributed by atoms with Crippen LogP contribution in [0.15, 0.2) is 18.2 Å². The molecule has 0 spiro atoms. The molecule has 0 radical (unpaired) electrons. The van der Waals surface area contributed by atoms with Crippen molar-refractivity contribution in [2.45, 2.75) is 44.4 Å². The van der Waals surface area contributed by atoms with Crippen molar-refractivity contribution in [2.75, 3.05) is 20.2 Å². The summed E-state index contributed by atoms with van der Waals surface area (Å²) >= 11 is 0. The summed E-state index contributed by atoms with van der Waals surface area (Å²) < 4.78 is 4.67. The maximum atomic E-state index is 12.4. The van der Waals surface area contributed by atoms with E-state index < -0.39 is 0 Å². The zero-order chi connectivity index (χ0) is 16.9. The maximum Gasteiger partial charge on any atom is 0.311 e. The number of carbonyl (C=O) groups excluding carboxylic acids is 2. The quantitative estimate of drug-likeness (QED) is 0.663. The molecular formula is C18H25N3O3. The first-order valence-electron chi connectivity index (χ1n) is 8.71. The molecule has 1 fully saturated rings. The number of nitrogens with zero attached hydrogens (tertiary/aromatic N) is 2. The molecular weight excluding hydrogens is 306 g/mol. The number of hydrogen-bond donors (Lipinski definition) is 1. The van der Waals surface area contributed by atoms with Gasteiger partial charge in [-0.1, -0.05) is 12.2 Å². The lowest BCUT2D eigenvalue weighted by atomic mass is 9.92. The number of nitrogens with one attached hydrogen (secondary N) is 1. The van der Waals surface area contributed by atoms with Crippen molar-refractivity contribution in [3.8, 4) is 0 Å². The van der Waals surface area contributed by atoms with Crippen molar-refractivity contribution in [3.63, 3.8) is 0 Å². The summed E-state index contributed by atoms with van der Waals surface area (Å²) in [5.74, 6) is 0.788. The SMILES string of the molecule is COC(=O)Cc1cc(C2CCN(C(=O)CC3C=CCC3)CC2)n[nH]1. The molecule has 1 saturated heterocycles. The molecule has 2 aliphatic rings. The number of carbonyl (C=O) groups is 2. The molecule has 1 N–H and O–H groups in total. The predicted molar refractivity (Wildman–Crippen MR) is 89.3 cm³/mol. The molecule has 1 aliphatic heterocycles. The van der Waals surface area contributed by atoms with E-state index in [0.29, 0.717) is 18.3 Å². The number of aromatic nitrogens is 2. The average molecular weight is 331 g/mol. The molecule has 130 valence electrons. The summed E-state index contributed by atoms with van der Waals surface area (Å²) in [4.78, 5) is 25.7. The van der Waals surface area contributed by atoms with Gasteiger partial charge in [-0.15, -0.1) is 0 Å². The van der Waals surface area contributed by atoms with Crippen molar-refractivity contribution in [3.05, 3.63) is 29.6 Å². The molecule has 0 aromatic carbocycles. The largest absolute Gasteiger partial charge is 0.469 e. The predicted octanol–water partition coefficient (Wildman–Crippen LogP) is 2.19. The Morgan fingerprint density at radius 2 is 2.12 bits per heavy atom. The summed E-state index contributed by atoms with van der Waals surface area (Å²) in [6.45, 7) is 1.58. The third kappa shape index (κ3) is 4.04. The van der Waals surface area contributed by atoms with Crippen LogP contribution in [0.4, 0.5) is 0 Å². The van der Waals surface area contributed by atoms with Gasteiger partial charge in [0.15, 0.2) is 0 Å². The first kappa shape index (κ1) is 16.7. The van der Waals surface area contributed by atoms with Gasteiger partial charge in [-0.2, -0.15) is 5.10 Å². The van der Waals surface area contributed by atoms with Gasteiger partial charge < -0.3 is 9.64 Å². The molecule has 1 unspecified atom stereocenters. The summed E-state index contributed by atoms with van der Waals surface area (Å²) in [6.07, 6.45) is 9.28. The third-order valence-corrected chi connectivity index (χ3v) is 5.03. The van der Waals surface area contributed by atoms with Gasteiger partial charge >= 0.3 is 5.97 Å². The highest BCUT2D eigenvalue weighted by atomic mass is 16.5. The third-order valence-electron chi connectivity index (χ3n) is 5.03. The van der Waals surface area contributed by atoms with Crippen LogP contribution < -0.4 is 0 Å². The van der Waals surface area contributed by atoms with Crippen LogP contribution in [0.25, 0.3) is 0 Å². The second-order valence-electron chi connectivity index (χ2n) is 6.70. The number of H-pyrrole nitrogens is 1. The molecule has 2 heterocycles. The Labute approximate surface area is 142 Å². The summed E-state index contributed by atoms with van der Waals surface area (Å²) in [5.41, 5.74) is 1.77. The minimum absolute atomic E-state index is 0.218. The lowest BCUT2D eigenvalue weighted by molar-refractivity contribution is -0.139. The first-order valence-corrected chi connectivity index (χ1v) is 8.71. The number of amides is 1. The van der Waals surface area contributed by atoms with Crippen molar-refractivity contribution in [1.82, 2.24) is 15.1 Å². The summed E-state index contributed by atoms with van der Waals surface area (Å²) in [7, 11) is 1.38. The van der Waals surface area contributed by atoms with Gasteiger partial charge in [-0.25, -0.2) is 0 Å². The Morgan fingerprint density at radius 1 is 1.33 bits per heavy atom. The van der Waals surface area contributed by atoms with Crippen molar-refractivity contribution in [1.29, 1.82) is 0 Å². The smallest absolute Gasteiger partial charge is 0.311 e. The van der Waals surface area contributed by atoms with Crippen molar-refractivity contribution < 1.29 is 14.3 Å². The molecule has 1 aromatic rings. The lowest BCUT2D eigenvalue weighted by Crippen LogP contribution is -2.38. The maximum absolute atomic E-state index is 12.4. The molecule has 6 nitrogen and oxygen atoms in total. The molecule has 3 rings (SSSR count). The van der Waals surface area contributed by atoms with Crippen molar-refractivity contribution >= 4 is 11.9 Å². The van der Waals surface area contributed by atoms with E-state index in [-0.39, 0.29) is 18.3 Å². The molecule has 1 aliphatic carbocycles. The van der Waals surface area contributed by atoms with E-state index in [4.69, 9.17) is 0 Å². The average Bonchev–Trinajstić information content (AvgIpc) is 3.27. The van der Waals surface area contributed by atoms with E-state index in [1.165, 1.54) is 7.11 Å². The van der Waals surface area contributed by atoms with Gasteiger partial charge in [0, 0.05) is 31.1 Å². The van der Waals surface area contributed by atoms with Crippen LogP contribution in [-0.2, 0) is 20.7 Å². The number of methoxy groups -OCH3 is 1. The Balaban J connectivity index is 1.48. The number of likely N-dealkylation sites (tertiary alicyclic amines) is 1. The van der Waals surface area contributed by atoms with Crippen LogP contribution in [0, 0.1) is 5.92 Å². The van der Waals surface area contributed by atoms with E-state index in [1.54, 1.807) is 0 Å². The van der Waals surface area contributed by atoms with Crippen LogP contribution in [0.2, 0.25) is 0 Å². The van der Waals surface area contributed by atoms with Crippen LogP contribution in [-0.4, -0.2) is 47.2 Å². The Hall–Kier alpha value is -2.11. The lowest BCUT2D eigenvalue weighted by Gasteiger charge is -2.31. The first-order chi connectivity index (χ1) is 11.7.